The van der Waals surface area contributed by atoms with Crippen molar-refractivity contribution in [3.63, 3.8) is 0 Å². The van der Waals surface area contributed by atoms with Gasteiger partial charge in [0.1, 0.15) is 0 Å². The van der Waals surface area contributed by atoms with Gasteiger partial charge in [0.2, 0.25) is 0 Å². The van der Waals surface area contributed by atoms with Gasteiger partial charge in [-0.2, -0.15) is 0 Å². The van der Waals surface area contributed by atoms with Crippen LogP contribution in [0.5, 0.6) is 0 Å². The van der Waals surface area contributed by atoms with Crippen molar-refractivity contribution in [1.29, 1.82) is 0 Å². The molecular weight excluding hydrogens is 252 g/mol. The molecule has 4 heteroatoms. The van der Waals surface area contributed by atoms with Gasteiger partial charge in [0, 0.05) is 18.0 Å². The zero-order valence-corrected chi connectivity index (χ0v) is 12.0. The number of hydrogen-bond donors (Lipinski definition) is 1. The van der Waals surface area contributed by atoms with Crippen LogP contribution in [0.15, 0.2) is 12.1 Å². The van der Waals surface area contributed by atoms with Crippen LogP contribution in [0.1, 0.15) is 24.6 Å². The van der Waals surface area contributed by atoms with E-state index in [1.54, 1.807) is 11.3 Å². The van der Waals surface area contributed by atoms with Gasteiger partial charge < -0.3 is 5.32 Å². The number of piperidine rings is 1. The summed E-state index contributed by atoms with van der Waals surface area (Å²) in [5.41, 5.74) is 0. The van der Waals surface area contributed by atoms with E-state index in [2.05, 4.69) is 23.2 Å². The van der Waals surface area contributed by atoms with Gasteiger partial charge in [-0.3, -0.25) is 4.90 Å². The molecule has 1 aliphatic rings. The Bertz CT molecular complexity index is 334. The molecule has 1 saturated heterocycles. The quantitative estimate of drug-likeness (QED) is 0.885. The zero-order chi connectivity index (χ0) is 12.1. The Labute approximate surface area is 113 Å². The maximum atomic E-state index is 5.97. The standard InChI is InChI=1S/C13H21ClN2S/c1-2-16(9-11-4-3-7-15-8-11)10-12-5-6-13(14)17-12/h5-6,11,15H,2-4,7-10H2,1H3. The van der Waals surface area contributed by atoms with Crippen molar-refractivity contribution < 1.29 is 0 Å². The van der Waals surface area contributed by atoms with E-state index >= 15 is 0 Å². The van der Waals surface area contributed by atoms with E-state index in [9.17, 15) is 0 Å². The van der Waals surface area contributed by atoms with Crippen LogP contribution in [0.3, 0.4) is 0 Å². The zero-order valence-electron chi connectivity index (χ0n) is 10.4. The molecule has 1 atom stereocenters. The first kappa shape index (κ1) is 13.3. The molecule has 0 bridgehead atoms. The fraction of sp³-hybridized carbons (Fsp3) is 0.692. The Morgan fingerprint density at radius 1 is 1.53 bits per heavy atom. The molecule has 0 amide bonds. The fourth-order valence-electron chi connectivity index (χ4n) is 2.41. The molecular formula is C13H21ClN2S. The first-order valence-corrected chi connectivity index (χ1v) is 7.64. The number of halogens is 1. The molecule has 0 saturated carbocycles. The SMILES string of the molecule is CCN(Cc1ccc(Cl)s1)CC1CCCNC1. The van der Waals surface area contributed by atoms with Crippen molar-refractivity contribution in [2.24, 2.45) is 5.92 Å². The number of hydrogen-bond acceptors (Lipinski definition) is 3. The van der Waals surface area contributed by atoms with Crippen molar-refractivity contribution >= 4 is 22.9 Å². The Kier molecular flexibility index (Phi) is 5.29. The summed E-state index contributed by atoms with van der Waals surface area (Å²) in [6.07, 6.45) is 2.70. The molecule has 0 radical (unpaired) electrons. The topological polar surface area (TPSA) is 15.3 Å². The van der Waals surface area contributed by atoms with Gasteiger partial charge in [-0.1, -0.05) is 18.5 Å². The molecule has 1 aromatic heterocycles. The highest BCUT2D eigenvalue weighted by molar-refractivity contribution is 7.16. The number of rotatable bonds is 5. The summed E-state index contributed by atoms with van der Waals surface area (Å²) < 4.78 is 0.899. The van der Waals surface area contributed by atoms with Gasteiger partial charge in [0.25, 0.3) is 0 Å². The third-order valence-electron chi connectivity index (χ3n) is 3.37. The lowest BCUT2D eigenvalue weighted by Crippen LogP contribution is -2.37. The predicted molar refractivity (Wildman–Crippen MR) is 75.9 cm³/mol. The highest BCUT2D eigenvalue weighted by Gasteiger charge is 2.16. The molecule has 1 N–H and O–H groups in total. The van der Waals surface area contributed by atoms with Crippen LogP contribution in [0.25, 0.3) is 0 Å². The number of thiophene rings is 1. The maximum absolute atomic E-state index is 5.97. The van der Waals surface area contributed by atoms with E-state index in [4.69, 9.17) is 11.6 Å². The van der Waals surface area contributed by atoms with Gasteiger partial charge in [0.05, 0.1) is 4.34 Å². The smallest absolute Gasteiger partial charge is 0.0931 e. The minimum Gasteiger partial charge on any atom is -0.316 e. The number of nitrogens with zero attached hydrogens (tertiary/aromatic N) is 1. The lowest BCUT2D eigenvalue weighted by molar-refractivity contribution is 0.211. The third kappa shape index (κ3) is 4.25. The molecule has 2 rings (SSSR count). The van der Waals surface area contributed by atoms with Crippen LogP contribution in [0, 0.1) is 5.92 Å². The first-order valence-electron chi connectivity index (χ1n) is 6.45. The van der Waals surface area contributed by atoms with Crippen molar-refractivity contribution in [1.82, 2.24) is 10.2 Å². The Balaban J connectivity index is 1.83. The van der Waals surface area contributed by atoms with E-state index in [0.717, 1.165) is 23.3 Å². The van der Waals surface area contributed by atoms with E-state index in [1.165, 1.54) is 37.4 Å². The van der Waals surface area contributed by atoms with Crippen LogP contribution in [-0.2, 0) is 6.54 Å². The van der Waals surface area contributed by atoms with Crippen molar-refractivity contribution in [3.8, 4) is 0 Å². The molecule has 0 aromatic carbocycles. The van der Waals surface area contributed by atoms with E-state index < -0.39 is 0 Å². The molecule has 0 aliphatic carbocycles. The van der Waals surface area contributed by atoms with Gasteiger partial charge in [-0.15, -0.1) is 11.3 Å². The minimum absolute atomic E-state index is 0.819. The van der Waals surface area contributed by atoms with E-state index in [0.29, 0.717) is 0 Å². The number of nitrogens with one attached hydrogen (secondary N) is 1. The average Bonchev–Trinajstić information content (AvgIpc) is 2.75. The molecule has 0 spiro atoms. The van der Waals surface area contributed by atoms with Crippen LogP contribution in [0.2, 0.25) is 4.34 Å². The van der Waals surface area contributed by atoms with Crippen molar-refractivity contribution in [2.75, 3.05) is 26.2 Å². The largest absolute Gasteiger partial charge is 0.316 e. The van der Waals surface area contributed by atoms with Gasteiger partial charge in [-0.25, -0.2) is 0 Å². The van der Waals surface area contributed by atoms with Crippen LogP contribution >= 0.6 is 22.9 Å². The molecule has 96 valence electrons. The summed E-state index contributed by atoms with van der Waals surface area (Å²) in [6.45, 7) is 7.99. The Morgan fingerprint density at radius 3 is 3.00 bits per heavy atom. The molecule has 17 heavy (non-hydrogen) atoms. The summed E-state index contributed by atoms with van der Waals surface area (Å²) in [4.78, 5) is 3.90. The van der Waals surface area contributed by atoms with E-state index in [-0.39, 0.29) is 0 Å². The predicted octanol–water partition coefficient (Wildman–Crippen LogP) is 3.22. The second kappa shape index (κ2) is 6.74. The summed E-state index contributed by atoms with van der Waals surface area (Å²) in [5, 5.41) is 3.49. The lowest BCUT2D eigenvalue weighted by atomic mass is 9.99. The molecule has 1 aliphatic heterocycles. The van der Waals surface area contributed by atoms with Gasteiger partial charge in [-0.05, 0) is 50.5 Å². The lowest BCUT2D eigenvalue weighted by Gasteiger charge is -2.29. The monoisotopic (exact) mass is 272 g/mol. The highest BCUT2D eigenvalue weighted by Crippen LogP contribution is 2.23. The van der Waals surface area contributed by atoms with Gasteiger partial charge in [0.15, 0.2) is 0 Å². The average molecular weight is 273 g/mol. The third-order valence-corrected chi connectivity index (χ3v) is 4.59. The summed E-state index contributed by atoms with van der Waals surface area (Å²) in [7, 11) is 0. The minimum atomic E-state index is 0.819. The Morgan fingerprint density at radius 2 is 2.41 bits per heavy atom. The molecule has 1 aromatic rings. The second-order valence-electron chi connectivity index (χ2n) is 4.75. The van der Waals surface area contributed by atoms with Crippen LogP contribution in [-0.4, -0.2) is 31.1 Å². The van der Waals surface area contributed by atoms with E-state index in [1.807, 2.05) is 6.07 Å². The van der Waals surface area contributed by atoms with Crippen molar-refractivity contribution in [3.05, 3.63) is 21.3 Å². The summed E-state index contributed by atoms with van der Waals surface area (Å²) in [6, 6.07) is 4.15. The van der Waals surface area contributed by atoms with Gasteiger partial charge >= 0.3 is 0 Å². The maximum Gasteiger partial charge on any atom is 0.0931 e. The Hall–Kier alpha value is -0.0900. The molecule has 2 heterocycles. The summed E-state index contributed by atoms with van der Waals surface area (Å²) >= 11 is 7.67. The fourth-order valence-corrected chi connectivity index (χ4v) is 3.54. The highest BCUT2D eigenvalue weighted by atomic mass is 35.5. The molecule has 1 fully saturated rings. The molecule has 1 unspecified atom stereocenters. The first-order chi connectivity index (χ1) is 8.28. The van der Waals surface area contributed by atoms with Crippen molar-refractivity contribution in [2.45, 2.75) is 26.3 Å². The second-order valence-corrected chi connectivity index (χ2v) is 6.55. The summed E-state index contributed by atoms with van der Waals surface area (Å²) in [5.74, 6) is 0.819. The van der Waals surface area contributed by atoms with Crippen LogP contribution < -0.4 is 5.32 Å². The molecule has 2 nitrogen and oxygen atoms in total. The normalized spacial score (nSPS) is 21.0. The van der Waals surface area contributed by atoms with Crippen LogP contribution in [0.4, 0.5) is 0 Å².